The van der Waals surface area contributed by atoms with E-state index in [-0.39, 0.29) is 12.3 Å². The number of amides is 3. The average Bonchev–Trinajstić information content (AvgIpc) is 2.64. The Morgan fingerprint density at radius 3 is 2.03 bits per heavy atom. The number of rotatable bonds is 14. The third kappa shape index (κ3) is 11.3. The van der Waals surface area contributed by atoms with Crippen LogP contribution in [-0.2, 0) is 24.0 Å². The molecular formula is C17H30N4O7S. The van der Waals surface area contributed by atoms with E-state index in [1.54, 1.807) is 13.8 Å². The molecule has 0 aliphatic rings. The van der Waals surface area contributed by atoms with E-state index in [2.05, 4.69) is 16.0 Å². The zero-order valence-corrected chi connectivity index (χ0v) is 17.6. The number of hydrogen-bond acceptors (Lipinski definition) is 7. The standard InChI is InChI=1S/C17H30N4O7S/c1-9(2)14(21-15(26)10(18)6-7-29-3)17(28)20-11(4-5-12(22)23)16(27)19-8-13(24)25/h9-11,14H,4-8,18H2,1-3H3,(H,19,27)(H,20,28)(H,21,26)(H,22,23)(H,24,25). The molecule has 0 fully saturated rings. The monoisotopic (exact) mass is 434 g/mol. The maximum atomic E-state index is 12.6. The minimum Gasteiger partial charge on any atom is -0.481 e. The van der Waals surface area contributed by atoms with Crippen molar-refractivity contribution in [3.8, 4) is 0 Å². The Balaban J connectivity index is 5.15. The summed E-state index contributed by atoms with van der Waals surface area (Å²) in [6, 6.07) is -3.05. The van der Waals surface area contributed by atoms with Crippen molar-refractivity contribution >= 4 is 41.4 Å². The summed E-state index contributed by atoms with van der Waals surface area (Å²) in [5.41, 5.74) is 5.81. The summed E-state index contributed by atoms with van der Waals surface area (Å²) in [6.07, 6.45) is 1.65. The van der Waals surface area contributed by atoms with Crippen LogP contribution in [0.5, 0.6) is 0 Å². The molecule has 0 aliphatic carbocycles. The van der Waals surface area contributed by atoms with Gasteiger partial charge in [-0.25, -0.2) is 0 Å². The fourth-order valence-electron chi connectivity index (χ4n) is 2.26. The van der Waals surface area contributed by atoms with E-state index in [1.807, 2.05) is 6.26 Å². The van der Waals surface area contributed by atoms with E-state index in [4.69, 9.17) is 15.9 Å². The SMILES string of the molecule is CSCCC(N)C(=O)NC(C(=O)NC(CCC(=O)O)C(=O)NCC(=O)O)C(C)C. The van der Waals surface area contributed by atoms with Gasteiger partial charge in [0.25, 0.3) is 0 Å². The molecule has 0 bridgehead atoms. The van der Waals surface area contributed by atoms with Crippen LogP contribution in [0.1, 0.15) is 33.1 Å². The summed E-state index contributed by atoms with van der Waals surface area (Å²) in [6.45, 7) is 2.70. The van der Waals surface area contributed by atoms with Crippen molar-refractivity contribution in [2.45, 2.75) is 51.2 Å². The maximum Gasteiger partial charge on any atom is 0.322 e. The number of nitrogens with two attached hydrogens (primary N) is 1. The summed E-state index contributed by atoms with van der Waals surface area (Å²) in [4.78, 5) is 58.4. The van der Waals surface area contributed by atoms with Crippen molar-refractivity contribution in [3.63, 3.8) is 0 Å². The third-order valence-corrected chi connectivity index (χ3v) is 4.55. The van der Waals surface area contributed by atoms with Crippen molar-refractivity contribution in [2.75, 3.05) is 18.6 Å². The highest BCUT2D eigenvalue weighted by Gasteiger charge is 2.30. The molecule has 3 unspecified atom stereocenters. The first-order valence-corrected chi connectivity index (χ1v) is 10.5. The first-order valence-electron chi connectivity index (χ1n) is 9.06. The van der Waals surface area contributed by atoms with Gasteiger partial charge in [0.1, 0.15) is 18.6 Å². The highest BCUT2D eigenvalue weighted by molar-refractivity contribution is 7.98. The Morgan fingerprint density at radius 2 is 1.55 bits per heavy atom. The van der Waals surface area contributed by atoms with Gasteiger partial charge >= 0.3 is 11.9 Å². The lowest BCUT2D eigenvalue weighted by Crippen LogP contribution is -2.57. The van der Waals surface area contributed by atoms with Gasteiger partial charge in [0.2, 0.25) is 17.7 Å². The predicted octanol–water partition coefficient (Wildman–Crippen LogP) is -1.24. The van der Waals surface area contributed by atoms with Crippen LogP contribution in [0, 0.1) is 5.92 Å². The van der Waals surface area contributed by atoms with Gasteiger partial charge in [-0.3, -0.25) is 24.0 Å². The molecular weight excluding hydrogens is 404 g/mol. The number of carbonyl (C=O) groups is 5. The zero-order valence-electron chi connectivity index (χ0n) is 16.8. The molecule has 3 atom stereocenters. The van der Waals surface area contributed by atoms with E-state index in [0.717, 1.165) is 0 Å². The van der Waals surface area contributed by atoms with Crippen LogP contribution in [0.15, 0.2) is 0 Å². The molecule has 0 aromatic carbocycles. The molecule has 0 spiro atoms. The van der Waals surface area contributed by atoms with E-state index in [0.29, 0.717) is 12.2 Å². The summed E-state index contributed by atoms with van der Waals surface area (Å²) in [7, 11) is 0. The lowest BCUT2D eigenvalue weighted by molar-refractivity contribution is -0.140. The van der Waals surface area contributed by atoms with Crippen molar-refractivity contribution in [1.29, 1.82) is 0 Å². The fourth-order valence-corrected chi connectivity index (χ4v) is 2.74. The number of thioether (sulfide) groups is 1. The largest absolute Gasteiger partial charge is 0.481 e. The van der Waals surface area contributed by atoms with Crippen LogP contribution >= 0.6 is 11.8 Å². The normalized spacial score (nSPS) is 13.8. The van der Waals surface area contributed by atoms with Gasteiger partial charge in [-0.2, -0.15) is 11.8 Å². The Morgan fingerprint density at radius 1 is 0.931 bits per heavy atom. The van der Waals surface area contributed by atoms with Crippen LogP contribution in [0.3, 0.4) is 0 Å². The molecule has 0 rings (SSSR count). The summed E-state index contributed by atoms with van der Waals surface area (Å²) in [5, 5.41) is 24.6. The van der Waals surface area contributed by atoms with Gasteiger partial charge < -0.3 is 31.9 Å². The molecule has 0 aromatic rings. The minimum absolute atomic E-state index is 0.238. The summed E-state index contributed by atoms with van der Waals surface area (Å²) in [5.74, 6) is -4.15. The summed E-state index contributed by atoms with van der Waals surface area (Å²) >= 11 is 1.53. The average molecular weight is 435 g/mol. The van der Waals surface area contributed by atoms with Crippen molar-refractivity contribution in [2.24, 2.45) is 11.7 Å². The topological polar surface area (TPSA) is 188 Å². The molecule has 0 radical (unpaired) electrons. The molecule has 0 aliphatic heterocycles. The number of aliphatic carboxylic acids is 2. The maximum absolute atomic E-state index is 12.6. The Kier molecular flexibility index (Phi) is 12.7. The second-order valence-electron chi connectivity index (χ2n) is 6.72. The molecule has 3 amide bonds. The molecule has 29 heavy (non-hydrogen) atoms. The number of hydrogen-bond donors (Lipinski definition) is 6. The van der Waals surface area contributed by atoms with Gasteiger partial charge in [-0.1, -0.05) is 13.8 Å². The smallest absolute Gasteiger partial charge is 0.322 e. The van der Waals surface area contributed by atoms with Gasteiger partial charge in [0.15, 0.2) is 0 Å². The molecule has 11 nitrogen and oxygen atoms in total. The van der Waals surface area contributed by atoms with E-state index >= 15 is 0 Å². The van der Waals surface area contributed by atoms with E-state index in [9.17, 15) is 24.0 Å². The highest BCUT2D eigenvalue weighted by atomic mass is 32.2. The van der Waals surface area contributed by atoms with Crippen molar-refractivity contribution in [1.82, 2.24) is 16.0 Å². The van der Waals surface area contributed by atoms with Crippen LogP contribution in [-0.4, -0.2) is 76.6 Å². The lowest BCUT2D eigenvalue weighted by atomic mass is 10.0. The van der Waals surface area contributed by atoms with Crippen LogP contribution in [0.25, 0.3) is 0 Å². The molecule has 12 heteroatoms. The second kappa shape index (κ2) is 13.8. The fraction of sp³-hybridized carbons (Fsp3) is 0.706. The molecule has 0 saturated carbocycles. The van der Waals surface area contributed by atoms with Crippen LogP contribution in [0.4, 0.5) is 0 Å². The molecule has 0 aromatic heterocycles. The third-order valence-electron chi connectivity index (χ3n) is 3.91. The number of carboxylic acids is 2. The molecule has 0 heterocycles. The Labute approximate surface area is 173 Å². The lowest BCUT2D eigenvalue weighted by Gasteiger charge is -2.26. The first-order chi connectivity index (χ1) is 13.5. The Bertz CT molecular complexity index is 600. The Hall–Kier alpha value is -2.34. The van der Waals surface area contributed by atoms with E-state index < -0.39 is 60.8 Å². The van der Waals surface area contributed by atoms with Gasteiger partial charge in [0, 0.05) is 6.42 Å². The summed E-state index contributed by atoms with van der Waals surface area (Å²) < 4.78 is 0. The van der Waals surface area contributed by atoms with Crippen LogP contribution in [0.2, 0.25) is 0 Å². The highest BCUT2D eigenvalue weighted by Crippen LogP contribution is 2.06. The molecule has 0 saturated heterocycles. The molecule has 166 valence electrons. The van der Waals surface area contributed by atoms with Crippen molar-refractivity contribution in [3.05, 3.63) is 0 Å². The quantitative estimate of drug-likeness (QED) is 0.194. The zero-order chi connectivity index (χ0) is 22.6. The predicted molar refractivity (Wildman–Crippen MR) is 107 cm³/mol. The first kappa shape index (κ1) is 26.7. The molecule has 7 N–H and O–H groups in total. The van der Waals surface area contributed by atoms with Gasteiger partial charge in [-0.15, -0.1) is 0 Å². The van der Waals surface area contributed by atoms with Crippen molar-refractivity contribution < 1.29 is 34.2 Å². The minimum atomic E-state index is -1.28. The van der Waals surface area contributed by atoms with Gasteiger partial charge in [0.05, 0.1) is 6.04 Å². The second-order valence-corrected chi connectivity index (χ2v) is 7.71. The van der Waals surface area contributed by atoms with E-state index in [1.165, 1.54) is 11.8 Å². The van der Waals surface area contributed by atoms with Gasteiger partial charge in [-0.05, 0) is 30.8 Å². The number of carbonyl (C=O) groups excluding carboxylic acids is 3. The number of nitrogens with one attached hydrogen (secondary N) is 3. The van der Waals surface area contributed by atoms with Crippen LogP contribution < -0.4 is 21.7 Å². The number of carboxylic acid groups (broad SMARTS) is 2.